The minimum absolute atomic E-state index is 0.806. The molecule has 0 spiro atoms. The Hall–Kier alpha value is -1.28. The van der Waals surface area contributed by atoms with Crippen molar-refractivity contribution in [1.29, 1.82) is 0 Å². The van der Waals surface area contributed by atoms with Crippen LogP contribution in [0.2, 0.25) is 0 Å². The SMILES string of the molecule is Cc1cc(C)c2c(CC3CCCNC3)cn(C)c2c1. The average molecular weight is 256 g/mol. The summed E-state index contributed by atoms with van der Waals surface area (Å²) in [6, 6.07) is 4.62. The van der Waals surface area contributed by atoms with Gasteiger partial charge in [-0.2, -0.15) is 0 Å². The number of nitrogens with zero attached hydrogens (tertiary/aromatic N) is 1. The molecule has 2 nitrogen and oxygen atoms in total. The lowest BCUT2D eigenvalue weighted by Gasteiger charge is -2.22. The second-order valence-electron chi connectivity index (χ2n) is 6.16. The summed E-state index contributed by atoms with van der Waals surface area (Å²) >= 11 is 0. The number of aromatic nitrogens is 1. The first-order valence-corrected chi connectivity index (χ1v) is 7.41. The molecular formula is C17H24N2. The normalized spacial score (nSPS) is 20.1. The molecule has 1 aliphatic rings. The van der Waals surface area contributed by atoms with E-state index in [0.29, 0.717) is 0 Å². The fourth-order valence-electron chi connectivity index (χ4n) is 3.57. The number of nitrogens with one attached hydrogen (secondary N) is 1. The Morgan fingerprint density at radius 1 is 1.32 bits per heavy atom. The van der Waals surface area contributed by atoms with E-state index in [-0.39, 0.29) is 0 Å². The van der Waals surface area contributed by atoms with E-state index in [1.165, 1.54) is 59.9 Å². The molecule has 102 valence electrons. The third-order valence-electron chi connectivity index (χ3n) is 4.42. The molecule has 2 aromatic rings. The van der Waals surface area contributed by atoms with E-state index >= 15 is 0 Å². The van der Waals surface area contributed by atoms with E-state index in [4.69, 9.17) is 0 Å². The first-order valence-electron chi connectivity index (χ1n) is 7.41. The van der Waals surface area contributed by atoms with Gasteiger partial charge in [-0.1, -0.05) is 6.07 Å². The molecule has 0 radical (unpaired) electrons. The Labute approximate surface area is 115 Å². The molecule has 1 aromatic carbocycles. The molecule has 0 bridgehead atoms. The van der Waals surface area contributed by atoms with Crippen molar-refractivity contribution < 1.29 is 0 Å². The van der Waals surface area contributed by atoms with Crippen LogP contribution in [-0.4, -0.2) is 17.7 Å². The predicted molar refractivity (Wildman–Crippen MR) is 81.7 cm³/mol. The van der Waals surface area contributed by atoms with Gasteiger partial charge in [-0.05, 0) is 74.9 Å². The zero-order valence-corrected chi connectivity index (χ0v) is 12.3. The van der Waals surface area contributed by atoms with Gasteiger partial charge in [0.1, 0.15) is 0 Å². The van der Waals surface area contributed by atoms with Crippen LogP contribution in [0.4, 0.5) is 0 Å². The van der Waals surface area contributed by atoms with E-state index in [0.717, 1.165) is 5.92 Å². The van der Waals surface area contributed by atoms with Crippen LogP contribution in [-0.2, 0) is 13.5 Å². The maximum absolute atomic E-state index is 3.53. The van der Waals surface area contributed by atoms with Gasteiger partial charge in [0.2, 0.25) is 0 Å². The molecule has 1 N–H and O–H groups in total. The van der Waals surface area contributed by atoms with Crippen molar-refractivity contribution in [3.63, 3.8) is 0 Å². The molecule has 0 saturated carbocycles. The van der Waals surface area contributed by atoms with E-state index in [9.17, 15) is 0 Å². The van der Waals surface area contributed by atoms with Gasteiger partial charge in [-0.15, -0.1) is 0 Å². The molecule has 2 heteroatoms. The molecule has 0 aliphatic carbocycles. The lowest BCUT2D eigenvalue weighted by Crippen LogP contribution is -2.30. The number of piperidine rings is 1. The number of rotatable bonds is 2. The smallest absolute Gasteiger partial charge is 0.0485 e. The maximum Gasteiger partial charge on any atom is 0.0485 e. The minimum atomic E-state index is 0.806. The van der Waals surface area contributed by atoms with Gasteiger partial charge in [0.05, 0.1) is 0 Å². The van der Waals surface area contributed by atoms with Crippen LogP contribution >= 0.6 is 0 Å². The lowest BCUT2D eigenvalue weighted by atomic mass is 9.91. The van der Waals surface area contributed by atoms with E-state index in [2.05, 4.69) is 49.1 Å². The zero-order valence-electron chi connectivity index (χ0n) is 12.3. The Balaban J connectivity index is 1.99. The zero-order chi connectivity index (χ0) is 13.4. The fraction of sp³-hybridized carbons (Fsp3) is 0.529. The van der Waals surface area contributed by atoms with Crippen LogP contribution in [0.1, 0.15) is 29.5 Å². The minimum Gasteiger partial charge on any atom is -0.350 e. The topological polar surface area (TPSA) is 17.0 Å². The standard InChI is InChI=1S/C17H24N2/c1-12-7-13(2)17-15(11-19(3)16(17)8-12)9-14-5-4-6-18-10-14/h7-8,11,14,18H,4-6,9-10H2,1-3H3. The van der Waals surface area contributed by atoms with Gasteiger partial charge in [0.25, 0.3) is 0 Å². The van der Waals surface area contributed by atoms with E-state index < -0.39 is 0 Å². The third kappa shape index (κ3) is 2.42. The predicted octanol–water partition coefficient (Wildman–Crippen LogP) is 3.34. The van der Waals surface area contributed by atoms with Crippen LogP contribution in [0, 0.1) is 19.8 Å². The first-order chi connectivity index (χ1) is 9.15. The van der Waals surface area contributed by atoms with Crippen LogP contribution in [0.25, 0.3) is 10.9 Å². The highest BCUT2D eigenvalue weighted by atomic mass is 14.9. The summed E-state index contributed by atoms with van der Waals surface area (Å²) in [6.45, 7) is 6.81. The van der Waals surface area contributed by atoms with Crippen molar-refractivity contribution >= 4 is 10.9 Å². The molecule has 1 aromatic heterocycles. The van der Waals surface area contributed by atoms with Crippen molar-refractivity contribution in [2.75, 3.05) is 13.1 Å². The highest BCUT2D eigenvalue weighted by molar-refractivity contribution is 5.87. The highest BCUT2D eigenvalue weighted by Crippen LogP contribution is 2.28. The van der Waals surface area contributed by atoms with Crippen molar-refractivity contribution in [1.82, 2.24) is 9.88 Å². The number of hydrogen-bond acceptors (Lipinski definition) is 1. The molecule has 2 heterocycles. The Kier molecular flexibility index (Phi) is 3.36. The fourth-order valence-corrected chi connectivity index (χ4v) is 3.57. The largest absolute Gasteiger partial charge is 0.350 e. The molecule has 0 amide bonds. The summed E-state index contributed by atoms with van der Waals surface area (Å²) in [4.78, 5) is 0. The number of hydrogen-bond donors (Lipinski definition) is 1. The van der Waals surface area contributed by atoms with Crippen molar-refractivity contribution in [3.05, 3.63) is 35.0 Å². The summed E-state index contributed by atoms with van der Waals surface area (Å²) in [6.07, 6.45) is 6.25. The highest BCUT2D eigenvalue weighted by Gasteiger charge is 2.17. The van der Waals surface area contributed by atoms with Crippen LogP contribution in [0.15, 0.2) is 18.3 Å². The number of aryl methyl sites for hydroxylation is 3. The molecule has 1 aliphatic heterocycles. The summed E-state index contributed by atoms with van der Waals surface area (Å²) in [5.41, 5.74) is 5.70. The van der Waals surface area contributed by atoms with Crippen LogP contribution < -0.4 is 5.32 Å². The number of fused-ring (bicyclic) bond motifs is 1. The second-order valence-corrected chi connectivity index (χ2v) is 6.16. The summed E-state index contributed by atoms with van der Waals surface area (Å²) in [5, 5.41) is 5.01. The van der Waals surface area contributed by atoms with Crippen molar-refractivity contribution in [3.8, 4) is 0 Å². The average Bonchev–Trinajstić information content (AvgIpc) is 2.67. The third-order valence-corrected chi connectivity index (χ3v) is 4.42. The Morgan fingerprint density at radius 2 is 2.16 bits per heavy atom. The lowest BCUT2D eigenvalue weighted by molar-refractivity contribution is 0.376. The van der Waals surface area contributed by atoms with Gasteiger partial charge in [-0.25, -0.2) is 0 Å². The summed E-state index contributed by atoms with van der Waals surface area (Å²) < 4.78 is 2.29. The molecule has 1 atom stereocenters. The first kappa shape index (κ1) is 12.7. The maximum atomic E-state index is 3.53. The van der Waals surface area contributed by atoms with Gasteiger partial charge in [0.15, 0.2) is 0 Å². The molecule has 19 heavy (non-hydrogen) atoms. The molecular weight excluding hydrogens is 232 g/mol. The molecule has 1 saturated heterocycles. The second kappa shape index (κ2) is 5.01. The Morgan fingerprint density at radius 3 is 2.89 bits per heavy atom. The molecule has 1 fully saturated rings. The number of benzene rings is 1. The summed E-state index contributed by atoms with van der Waals surface area (Å²) in [7, 11) is 2.17. The molecule has 1 unspecified atom stereocenters. The van der Waals surface area contributed by atoms with Gasteiger partial charge in [0, 0.05) is 24.1 Å². The summed E-state index contributed by atoms with van der Waals surface area (Å²) in [5.74, 6) is 0.806. The quantitative estimate of drug-likeness (QED) is 0.872. The van der Waals surface area contributed by atoms with E-state index in [1.807, 2.05) is 0 Å². The van der Waals surface area contributed by atoms with Crippen LogP contribution in [0.5, 0.6) is 0 Å². The van der Waals surface area contributed by atoms with Crippen molar-refractivity contribution in [2.45, 2.75) is 33.1 Å². The van der Waals surface area contributed by atoms with Gasteiger partial charge >= 0.3 is 0 Å². The van der Waals surface area contributed by atoms with E-state index in [1.54, 1.807) is 0 Å². The Bertz CT molecular complexity index is 589. The van der Waals surface area contributed by atoms with Crippen LogP contribution in [0.3, 0.4) is 0 Å². The molecule has 3 rings (SSSR count). The van der Waals surface area contributed by atoms with Gasteiger partial charge < -0.3 is 9.88 Å². The van der Waals surface area contributed by atoms with Crippen molar-refractivity contribution in [2.24, 2.45) is 13.0 Å². The monoisotopic (exact) mass is 256 g/mol. The van der Waals surface area contributed by atoms with Gasteiger partial charge in [-0.3, -0.25) is 0 Å².